The first-order chi connectivity index (χ1) is 9.36. The monoisotopic (exact) mass is 285 g/mol. The predicted octanol–water partition coefficient (Wildman–Crippen LogP) is 2.28. The highest BCUT2D eigenvalue weighted by atomic mass is 19.1. The van der Waals surface area contributed by atoms with Gasteiger partial charge in [-0.1, -0.05) is 13.8 Å². The van der Waals surface area contributed by atoms with Crippen molar-refractivity contribution in [2.24, 2.45) is 5.92 Å². The fourth-order valence-corrected chi connectivity index (χ4v) is 1.62. The first kappa shape index (κ1) is 16.1. The number of benzene rings is 1. The molecular weight excluding hydrogens is 268 g/mol. The summed E-state index contributed by atoms with van der Waals surface area (Å²) in [7, 11) is 0. The second-order valence-corrected chi connectivity index (χ2v) is 4.57. The van der Waals surface area contributed by atoms with Gasteiger partial charge in [-0.25, -0.2) is 13.6 Å². The maximum absolute atomic E-state index is 13.5. The Morgan fingerprint density at radius 3 is 2.50 bits per heavy atom. The number of amides is 1. The van der Waals surface area contributed by atoms with E-state index in [0.717, 1.165) is 18.2 Å². The zero-order valence-corrected chi connectivity index (χ0v) is 11.6. The molecule has 0 saturated carbocycles. The van der Waals surface area contributed by atoms with Gasteiger partial charge in [-0.05, 0) is 31.0 Å². The van der Waals surface area contributed by atoms with E-state index in [1.165, 1.54) is 0 Å². The molecule has 0 radical (unpaired) electrons. The number of carbonyl (C=O) groups is 2. The third-order valence-electron chi connectivity index (χ3n) is 2.67. The first-order valence-electron chi connectivity index (χ1n) is 6.29. The van der Waals surface area contributed by atoms with Crippen LogP contribution in [0.3, 0.4) is 0 Å². The summed E-state index contributed by atoms with van der Waals surface area (Å²) in [5.41, 5.74) is -0.444. The van der Waals surface area contributed by atoms with Crippen LogP contribution in [0.15, 0.2) is 18.2 Å². The predicted molar refractivity (Wildman–Crippen MR) is 69.1 cm³/mol. The largest absolute Gasteiger partial charge is 0.464 e. The molecule has 6 heteroatoms. The van der Waals surface area contributed by atoms with Crippen LogP contribution in [0, 0.1) is 17.6 Å². The fraction of sp³-hybridized carbons (Fsp3) is 0.429. The number of ether oxygens (including phenoxy) is 1. The van der Waals surface area contributed by atoms with Gasteiger partial charge in [0.2, 0.25) is 0 Å². The van der Waals surface area contributed by atoms with Crippen LogP contribution >= 0.6 is 0 Å². The van der Waals surface area contributed by atoms with E-state index in [2.05, 4.69) is 5.32 Å². The number of nitrogens with one attached hydrogen (secondary N) is 1. The van der Waals surface area contributed by atoms with E-state index in [0.29, 0.717) is 0 Å². The maximum atomic E-state index is 13.5. The Bertz CT molecular complexity index is 503. The minimum absolute atomic E-state index is 0.173. The molecule has 1 N–H and O–H groups in total. The van der Waals surface area contributed by atoms with E-state index in [1.54, 1.807) is 20.8 Å². The zero-order chi connectivity index (χ0) is 15.3. The highest BCUT2D eigenvalue weighted by molar-refractivity contribution is 5.97. The number of halogens is 2. The molecule has 20 heavy (non-hydrogen) atoms. The average molecular weight is 285 g/mol. The molecule has 1 rings (SSSR count). The number of rotatable bonds is 5. The molecule has 1 unspecified atom stereocenters. The van der Waals surface area contributed by atoms with Crippen LogP contribution in [-0.4, -0.2) is 24.5 Å². The minimum Gasteiger partial charge on any atom is -0.464 e. The Morgan fingerprint density at radius 1 is 1.30 bits per heavy atom. The summed E-state index contributed by atoms with van der Waals surface area (Å²) in [5, 5.41) is 2.37. The Kier molecular flexibility index (Phi) is 5.61. The highest BCUT2D eigenvalue weighted by Crippen LogP contribution is 2.11. The lowest BCUT2D eigenvalue weighted by Gasteiger charge is -2.20. The molecule has 4 nitrogen and oxygen atoms in total. The molecular formula is C14H17F2NO3. The van der Waals surface area contributed by atoms with Crippen LogP contribution in [0.1, 0.15) is 31.1 Å². The van der Waals surface area contributed by atoms with Crippen molar-refractivity contribution >= 4 is 11.9 Å². The molecule has 0 heterocycles. The van der Waals surface area contributed by atoms with Crippen molar-refractivity contribution in [3.8, 4) is 0 Å². The van der Waals surface area contributed by atoms with Crippen LogP contribution < -0.4 is 5.32 Å². The second-order valence-electron chi connectivity index (χ2n) is 4.57. The van der Waals surface area contributed by atoms with E-state index in [4.69, 9.17) is 4.74 Å². The summed E-state index contributed by atoms with van der Waals surface area (Å²) in [4.78, 5) is 23.6. The molecule has 1 amide bonds. The Balaban J connectivity index is 2.91. The summed E-state index contributed by atoms with van der Waals surface area (Å²) in [6.45, 7) is 5.24. The quantitative estimate of drug-likeness (QED) is 0.844. The van der Waals surface area contributed by atoms with Crippen LogP contribution in [0.4, 0.5) is 8.78 Å². The van der Waals surface area contributed by atoms with E-state index >= 15 is 0 Å². The highest BCUT2D eigenvalue weighted by Gasteiger charge is 2.26. The number of hydrogen-bond acceptors (Lipinski definition) is 3. The van der Waals surface area contributed by atoms with Crippen LogP contribution in [0.25, 0.3) is 0 Å². The molecule has 1 aromatic carbocycles. The van der Waals surface area contributed by atoms with Gasteiger partial charge in [-0.3, -0.25) is 4.79 Å². The second kappa shape index (κ2) is 6.98. The standard InChI is InChI=1S/C14H17F2NO3/c1-4-20-14(19)12(8(2)3)17-13(18)10-7-9(15)5-6-11(10)16/h5-8,12H,4H2,1-3H3,(H,17,18). The van der Waals surface area contributed by atoms with Gasteiger partial charge in [-0.2, -0.15) is 0 Å². The topological polar surface area (TPSA) is 55.4 Å². The smallest absolute Gasteiger partial charge is 0.328 e. The summed E-state index contributed by atoms with van der Waals surface area (Å²) in [6.07, 6.45) is 0. The lowest BCUT2D eigenvalue weighted by atomic mass is 10.0. The molecule has 0 aliphatic rings. The number of esters is 1. The number of hydrogen-bond donors (Lipinski definition) is 1. The lowest BCUT2D eigenvalue weighted by molar-refractivity contribution is -0.146. The molecule has 110 valence electrons. The van der Waals surface area contributed by atoms with E-state index in [9.17, 15) is 18.4 Å². The third-order valence-corrected chi connectivity index (χ3v) is 2.67. The molecule has 0 spiro atoms. The van der Waals surface area contributed by atoms with Crippen molar-refractivity contribution in [1.29, 1.82) is 0 Å². The third kappa shape index (κ3) is 4.01. The van der Waals surface area contributed by atoms with E-state index < -0.39 is 35.1 Å². The summed E-state index contributed by atoms with van der Waals surface area (Å²) < 4.78 is 31.4. The summed E-state index contributed by atoms with van der Waals surface area (Å²) in [5.74, 6) is -3.28. The van der Waals surface area contributed by atoms with Crippen molar-refractivity contribution in [3.05, 3.63) is 35.4 Å². The molecule has 0 aliphatic heterocycles. The van der Waals surface area contributed by atoms with Crippen molar-refractivity contribution in [1.82, 2.24) is 5.32 Å². The van der Waals surface area contributed by atoms with Gasteiger partial charge >= 0.3 is 5.97 Å². The lowest BCUT2D eigenvalue weighted by Crippen LogP contribution is -2.45. The van der Waals surface area contributed by atoms with E-state index in [-0.39, 0.29) is 12.5 Å². The van der Waals surface area contributed by atoms with Crippen molar-refractivity contribution < 1.29 is 23.1 Å². The van der Waals surface area contributed by atoms with Crippen LogP contribution in [0.2, 0.25) is 0 Å². The zero-order valence-electron chi connectivity index (χ0n) is 11.6. The Labute approximate surface area is 116 Å². The normalized spacial score (nSPS) is 12.1. The molecule has 1 atom stereocenters. The molecule has 1 aromatic rings. The molecule has 0 bridgehead atoms. The molecule has 0 aliphatic carbocycles. The maximum Gasteiger partial charge on any atom is 0.328 e. The molecule has 0 aromatic heterocycles. The van der Waals surface area contributed by atoms with Gasteiger partial charge in [0.25, 0.3) is 5.91 Å². The van der Waals surface area contributed by atoms with Gasteiger partial charge in [-0.15, -0.1) is 0 Å². The van der Waals surface area contributed by atoms with Crippen molar-refractivity contribution in [2.75, 3.05) is 6.61 Å². The van der Waals surface area contributed by atoms with Crippen molar-refractivity contribution in [2.45, 2.75) is 26.8 Å². The van der Waals surface area contributed by atoms with Gasteiger partial charge in [0.1, 0.15) is 17.7 Å². The van der Waals surface area contributed by atoms with Gasteiger partial charge in [0, 0.05) is 0 Å². The van der Waals surface area contributed by atoms with Crippen LogP contribution in [-0.2, 0) is 9.53 Å². The van der Waals surface area contributed by atoms with Crippen molar-refractivity contribution in [3.63, 3.8) is 0 Å². The number of carbonyl (C=O) groups excluding carboxylic acids is 2. The summed E-state index contributed by atoms with van der Waals surface area (Å²) in [6, 6.07) is 1.65. The van der Waals surface area contributed by atoms with Gasteiger partial charge in [0.05, 0.1) is 12.2 Å². The fourth-order valence-electron chi connectivity index (χ4n) is 1.62. The SMILES string of the molecule is CCOC(=O)C(NC(=O)c1cc(F)ccc1F)C(C)C. The van der Waals surface area contributed by atoms with E-state index in [1.807, 2.05) is 0 Å². The molecule has 0 saturated heterocycles. The Hall–Kier alpha value is -1.98. The summed E-state index contributed by atoms with van der Waals surface area (Å²) >= 11 is 0. The Morgan fingerprint density at radius 2 is 1.95 bits per heavy atom. The average Bonchev–Trinajstić information content (AvgIpc) is 2.38. The first-order valence-corrected chi connectivity index (χ1v) is 6.29. The van der Waals surface area contributed by atoms with Gasteiger partial charge < -0.3 is 10.1 Å². The van der Waals surface area contributed by atoms with Gasteiger partial charge in [0.15, 0.2) is 0 Å². The van der Waals surface area contributed by atoms with Crippen LogP contribution in [0.5, 0.6) is 0 Å². The molecule has 0 fully saturated rings. The minimum atomic E-state index is -0.912.